The van der Waals surface area contributed by atoms with E-state index in [1.54, 1.807) is 0 Å². The molecule has 0 spiro atoms. The smallest absolute Gasteiger partial charge is 0.0651 e. The van der Waals surface area contributed by atoms with E-state index >= 15 is 0 Å². The number of allylic oxidation sites excluding steroid dienone is 1. The highest BCUT2D eigenvalue weighted by Crippen LogP contribution is 1.88. The third kappa shape index (κ3) is 8.18. The zero-order valence-corrected chi connectivity index (χ0v) is 7.52. The van der Waals surface area contributed by atoms with Gasteiger partial charge in [0, 0.05) is 5.33 Å². The maximum absolute atomic E-state index is 5.24. The lowest BCUT2D eigenvalue weighted by molar-refractivity contribution is 0.102. The molecule has 0 aromatic rings. The summed E-state index contributed by atoms with van der Waals surface area (Å²) in [5.74, 6) is 0. The summed E-state index contributed by atoms with van der Waals surface area (Å²) in [4.78, 5) is 0. The Balaban J connectivity index is 2.99. The SMILES string of the molecule is CC(C)OCC=CCBr. The Bertz CT molecular complexity index is 79.0. The van der Waals surface area contributed by atoms with Gasteiger partial charge in [0.15, 0.2) is 0 Å². The van der Waals surface area contributed by atoms with E-state index < -0.39 is 0 Å². The quantitative estimate of drug-likeness (QED) is 0.492. The molecule has 0 atom stereocenters. The summed E-state index contributed by atoms with van der Waals surface area (Å²) in [5.41, 5.74) is 0. The van der Waals surface area contributed by atoms with E-state index in [1.807, 2.05) is 26.0 Å². The molecule has 0 bridgehead atoms. The van der Waals surface area contributed by atoms with Gasteiger partial charge in [-0.2, -0.15) is 0 Å². The Kier molecular flexibility index (Phi) is 6.43. The molecule has 54 valence electrons. The molecule has 0 fully saturated rings. The van der Waals surface area contributed by atoms with Gasteiger partial charge >= 0.3 is 0 Å². The summed E-state index contributed by atoms with van der Waals surface area (Å²) in [5, 5.41) is 0.911. The van der Waals surface area contributed by atoms with Gasteiger partial charge in [0.2, 0.25) is 0 Å². The van der Waals surface area contributed by atoms with Crippen LogP contribution in [0.3, 0.4) is 0 Å². The summed E-state index contributed by atoms with van der Waals surface area (Å²) in [6.45, 7) is 4.78. The predicted molar refractivity (Wildman–Crippen MR) is 44.0 cm³/mol. The van der Waals surface area contributed by atoms with Gasteiger partial charge < -0.3 is 4.74 Å². The fourth-order valence-corrected chi connectivity index (χ4v) is 0.643. The first-order chi connectivity index (χ1) is 4.27. The Labute approximate surface area is 65.2 Å². The van der Waals surface area contributed by atoms with Crippen LogP contribution in [0, 0.1) is 0 Å². The van der Waals surface area contributed by atoms with Crippen molar-refractivity contribution in [3.8, 4) is 0 Å². The second-order valence-corrected chi connectivity index (χ2v) is 2.66. The van der Waals surface area contributed by atoms with E-state index in [1.165, 1.54) is 0 Å². The average molecular weight is 193 g/mol. The van der Waals surface area contributed by atoms with Crippen LogP contribution in [0.2, 0.25) is 0 Å². The predicted octanol–water partition coefficient (Wildman–Crippen LogP) is 2.36. The molecule has 0 aliphatic heterocycles. The lowest BCUT2D eigenvalue weighted by Gasteiger charge is -2.01. The van der Waals surface area contributed by atoms with Crippen LogP contribution in [0.5, 0.6) is 0 Å². The third-order valence-corrected chi connectivity index (χ3v) is 1.16. The molecule has 0 rings (SSSR count). The lowest BCUT2D eigenvalue weighted by atomic mass is 10.5. The van der Waals surface area contributed by atoms with Crippen LogP contribution in [0.25, 0.3) is 0 Å². The first-order valence-electron chi connectivity index (χ1n) is 3.10. The normalized spacial score (nSPS) is 11.6. The van der Waals surface area contributed by atoms with Crippen LogP contribution in [0.1, 0.15) is 13.8 Å². The minimum atomic E-state index is 0.338. The first kappa shape index (κ1) is 9.18. The van der Waals surface area contributed by atoms with E-state index in [4.69, 9.17) is 4.74 Å². The van der Waals surface area contributed by atoms with Crippen molar-refractivity contribution in [1.29, 1.82) is 0 Å². The number of hydrogen-bond acceptors (Lipinski definition) is 1. The highest BCUT2D eigenvalue weighted by molar-refractivity contribution is 9.09. The fourth-order valence-electron chi connectivity index (χ4n) is 0.379. The number of alkyl halides is 1. The molecule has 0 aliphatic carbocycles. The second kappa shape index (κ2) is 6.30. The van der Waals surface area contributed by atoms with Crippen LogP contribution < -0.4 is 0 Å². The molecule has 0 aromatic heterocycles. The van der Waals surface area contributed by atoms with Crippen molar-refractivity contribution in [2.24, 2.45) is 0 Å². The topological polar surface area (TPSA) is 9.23 Å². The zero-order chi connectivity index (χ0) is 7.11. The van der Waals surface area contributed by atoms with E-state index in [2.05, 4.69) is 15.9 Å². The summed E-state index contributed by atoms with van der Waals surface area (Å²) >= 11 is 3.27. The fraction of sp³-hybridized carbons (Fsp3) is 0.714. The van der Waals surface area contributed by atoms with Gasteiger partial charge in [0.25, 0.3) is 0 Å². The molecule has 0 radical (unpaired) electrons. The number of ether oxygens (including phenoxy) is 1. The maximum atomic E-state index is 5.24. The van der Waals surface area contributed by atoms with Crippen molar-refractivity contribution >= 4 is 15.9 Å². The molecule has 0 amide bonds. The number of halogens is 1. The van der Waals surface area contributed by atoms with Gasteiger partial charge in [-0.25, -0.2) is 0 Å². The summed E-state index contributed by atoms with van der Waals surface area (Å²) < 4.78 is 5.24. The van der Waals surface area contributed by atoms with Crippen LogP contribution in [-0.2, 0) is 4.74 Å². The van der Waals surface area contributed by atoms with Gasteiger partial charge in [-0.1, -0.05) is 28.1 Å². The highest BCUT2D eigenvalue weighted by Gasteiger charge is 1.86. The van der Waals surface area contributed by atoms with Gasteiger partial charge in [-0.3, -0.25) is 0 Å². The van der Waals surface area contributed by atoms with Gasteiger partial charge in [0.05, 0.1) is 12.7 Å². The molecule has 0 aromatic carbocycles. The average Bonchev–Trinajstić information content (AvgIpc) is 1.80. The number of hydrogen-bond donors (Lipinski definition) is 0. The Morgan fingerprint density at radius 2 is 2.11 bits per heavy atom. The van der Waals surface area contributed by atoms with E-state index in [0.717, 1.165) is 11.9 Å². The lowest BCUT2D eigenvalue weighted by Crippen LogP contribution is -2.01. The molecule has 0 saturated carbocycles. The third-order valence-electron chi connectivity index (χ3n) is 0.782. The van der Waals surface area contributed by atoms with Crippen LogP contribution in [-0.4, -0.2) is 18.0 Å². The number of rotatable bonds is 4. The Morgan fingerprint density at radius 1 is 1.44 bits per heavy atom. The van der Waals surface area contributed by atoms with E-state index in [9.17, 15) is 0 Å². The Morgan fingerprint density at radius 3 is 2.56 bits per heavy atom. The van der Waals surface area contributed by atoms with Crippen molar-refractivity contribution in [3.63, 3.8) is 0 Å². The summed E-state index contributed by atoms with van der Waals surface area (Å²) in [6, 6.07) is 0. The van der Waals surface area contributed by atoms with Gasteiger partial charge in [0.1, 0.15) is 0 Å². The molecule has 1 nitrogen and oxygen atoms in total. The van der Waals surface area contributed by atoms with Crippen molar-refractivity contribution in [1.82, 2.24) is 0 Å². The molecule has 0 aliphatic rings. The highest BCUT2D eigenvalue weighted by atomic mass is 79.9. The van der Waals surface area contributed by atoms with E-state index in [0.29, 0.717) is 6.10 Å². The summed E-state index contributed by atoms with van der Waals surface area (Å²) in [6.07, 6.45) is 4.38. The van der Waals surface area contributed by atoms with Crippen molar-refractivity contribution in [3.05, 3.63) is 12.2 Å². The van der Waals surface area contributed by atoms with Crippen LogP contribution >= 0.6 is 15.9 Å². The van der Waals surface area contributed by atoms with Crippen molar-refractivity contribution < 1.29 is 4.74 Å². The Hall–Kier alpha value is 0.180. The second-order valence-electron chi connectivity index (χ2n) is 2.01. The zero-order valence-electron chi connectivity index (χ0n) is 5.93. The molecular weight excluding hydrogens is 180 g/mol. The molecule has 0 N–H and O–H groups in total. The summed E-state index contributed by atoms with van der Waals surface area (Å²) in [7, 11) is 0. The molecule has 0 saturated heterocycles. The minimum Gasteiger partial charge on any atom is -0.375 e. The minimum absolute atomic E-state index is 0.338. The van der Waals surface area contributed by atoms with Gasteiger partial charge in [-0.15, -0.1) is 0 Å². The molecular formula is C7H13BrO. The first-order valence-corrected chi connectivity index (χ1v) is 4.22. The van der Waals surface area contributed by atoms with Crippen LogP contribution in [0.4, 0.5) is 0 Å². The monoisotopic (exact) mass is 192 g/mol. The van der Waals surface area contributed by atoms with E-state index in [-0.39, 0.29) is 0 Å². The van der Waals surface area contributed by atoms with Crippen LogP contribution in [0.15, 0.2) is 12.2 Å². The van der Waals surface area contributed by atoms with Gasteiger partial charge in [-0.05, 0) is 13.8 Å². The standard InChI is InChI=1S/C7H13BrO/c1-7(2)9-6-4-3-5-8/h3-4,7H,5-6H2,1-2H3. The molecule has 2 heteroatoms. The molecule has 0 unspecified atom stereocenters. The molecule has 9 heavy (non-hydrogen) atoms. The van der Waals surface area contributed by atoms with Crippen molar-refractivity contribution in [2.45, 2.75) is 20.0 Å². The molecule has 0 heterocycles. The largest absolute Gasteiger partial charge is 0.375 e. The maximum Gasteiger partial charge on any atom is 0.0651 e. The van der Waals surface area contributed by atoms with Crippen molar-refractivity contribution in [2.75, 3.05) is 11.9 Å².